The highest BCUT2D eigenvalue weighted by Crippen LogP contribution is 2.22. The van der Waals surface area contributed by atoms with Crippen LogP contribution in [0.4, 0.5) is 5.95 Å². The number of nitrogens with zero attached hydrogens (tertiary/aromatic N) is 5. The van der Waals surface area contributed by atoms with Crippen molar-refractivity contribution in [3.8, 4) is 0 Å². The van der Waals surface area contributed by atoms with Gasteiger partial charge in [0.1, 0.15) is 0 Å². The third kappa shape index (κ3) is 3.18. The van der Waals surface area contributed by atoms with E-state index in [1.165, 1.54) is 18.4 Å². The van der Waals surface area contributed by atoms with Crippen LogP contribution in [0.2, 0.25) is 0 Å². The van der Waals surface area contributed by atoms with E-state index < -0.39 is 0 Å². The molecule has 1 aliphatic carbocycles. The van der Waals surface area contributed by atoms with Crippen LogP contribution in [0.3, 0.4) is 0 Å². The van der Waals surface area contributed by atoms with Crippen LogP contribution in [-0.4, -0.2) is 32.8 Å². The summed E-state index contributed by atoms with van der Waals surface area (Å²) in [5.41, 5.74) is 2.36. The van der Waals surface area contributed by atoms with Crippen LogP contribution in [0.1, 0.15) is 36.9 Å². The van der Waals surface area contributed by atoms with E-state index in [0.717, 1.165) is 57.0 Å². The number of hydrogen-bond donors (Lipinski definition) is 0. The summed E-state index contributed by atoms with van der Waals surface area (Å²) in [6.07, 6.45) is 10.0. The topological polar surface area (TPSA) is 63.9 Å². The van der Waals surface area contributed by atoms with Gasteiger partial charge in [-0.15, -0.1) is 0 Å². The van der Waals surface area contributed by atoms with Crippen molar-refractivity contribution in [2.45, 2.75) is 45.1 Å². The maximum atomic E-state index is 12.3. The van der Waals surface area contributed by atoms with Gasteiger partial charge in [-0.05, 0) is 56.1 Å². The Kier molecular flexibility index (Phi) is 4.28. The molecular formula is C18H23N5O. The molecule has 2 aromatic heterocycles. The molecule has 1 fully saturated rings. The number of fused-ring (bicyclic) bond motifs is 1. The molecule has 1 saturated heterocycles. The van der Waals surface area contributed by atoms with E-state index in [-0.39, 0.29) is 5.56 Å². The van der Waals surface area contributed by atoms with Gasteiger partial charge in [-0.1, -0.05) is 0 Å². The average Bonchev–Trinajstić information content (AvgIpc) is 2.64. The van der Waals surface area contributed by atoms with Crippen LogP contribution in [0, 0.1) is 5.92 Å². The summed E-state index contributed by atoms with van der Waals surface area (Å²) < 4.78 is 1.70. The summed E-state index contributed by atoms with van der Waals surface area (Å²) >= 11 is 0. The minimum absolute atomic E-state index is 0.0597. The van der Waals surface area contributed by atoms with Crippen LogP contribution >= 0.6 is 0 Å². The van der Waals surface area contributed by atoms with Crippen molar-refractivity contribution < 1.29 is 0 Å². The van der Waals surface area contributed by atoms with E-state index in [2.05, 4.69) is 20.0 Å². The monoisotopic (exact) mass is 325 g/mol. The molecule has 0 saturated carbocycles. The molecule has 6 nitrogen and oxygen atoms in total. The predicted molar refractivity (Wildman–Crippen MR) is 92.1 cm³/mol. The maximum Gasteiger partial charge on any atom is 0.267 e. The van der Waals surface area contributed by atoms with Gasteiger partial charge in [0.2, 0.25) is 5.95 Å². The van der Waals surface area contributed by atoms with E-state index in [0.29, 0.717) is 5.92 Å². The first-order valence-corrected chi connectivity index (χ1v) is 8.91. The molecule has 0 N–H and O–H groups in total. The van der Waals surface area contributed by atoms with Crippen molar-refractivity contribution in [2.24, 2.45) is 5.92 Å². The summed E-state index contributed by atoms with van der Waals surface area (Å²) in [6, 6.07) is 3.65. The Bertz CT molecular complexity index is 750. The molecule has 24 heavy (non-hydrogen) atoms. The Balaban J connectivity index is 1.41. The van der Waals surface area contributed by atoms with Gasteiger partial charge in [0.05, 0.1) is 5.69 Å². The number of aryl methyl sites for hydroxylation is 2. The first kappa shape index (κ1) is 15.3. The van der Waals surface area contributed by atoms with Gasteiger partial charge in [-0.3, -0.25) is 4.79 Å². The van der Waals surface area contributed by atoms with Crippen LogP contribution in [0.15, 0.2) is 29.3 Å². The number of anilines is 1. The minimum Gasteiger partial charge on any atom is -0.341 e. The standard InChI is InChI=1S/C18H23N5O/c24-17-12-15-4-1-2-5-16(15)21-23(17)13-14-6-10-22(11-7-14)18-19-8-3-9-20-18/h3,8-9,12,14H,1-2,4-7,10-11,13H2. The van der Waals surface area contributed by atoms with Crippen LogP contribution in [-0.2, 0) is 19.4 Å². The van der Waals surface area contributed by atoms with E-state index in [1.54, 1.807) is 17.1 Å². The summed E-state index contributed by atoms with van der Waals surface area (Å²) in [4.78, 5) is 23.2. The van der Waals surface area contributed by atoms with Crippen LogP contribution in [0.5, 0.6) is 0 Å². The molecule has 1 aliphatic heterocycles. The van der Waals surface area contributed by atoms with E-state index in [1.807, 2.05) is 12.1 Å². The molecule has 126 valence electrons. The Hall–Kier alpha value is -2.24. The Morgan fingerprint density at radius 1 is 1.08 bits per heavy atom. The van der Waals surface area contributed by atoms with Gasteiger partial charge in [0.15, 0.2) is 0 Å². The van der Waals surface area contributed by atoms with Gasteiger partial charge in [-0.25, -0.2) is 14.6 Å². The molecular weight excluding hydrogens is 302 g/mol. The molecule has 4 rings (SSSR count). The molecule has 3 heterocycles. The lowest BCUT2D eigenvalue weighted by Crippen LogP contribution is -2.38. The lowest BCUT2D eigenvalue weighted by Gasteiger charge is -2.32. The summed E-state index contributed by atoms with van der Waals surface area (Å²) in [6.45, 7) is 2.61. The predicted octanol–water partition coefficient (Wildman–Crippen LogP) is 1.83. The van der Waals surface area contributed by atoms with Crippen LogP contribution < -0.4 is 10.5 Å². The summed E-state index contributed by atoms with van der Waals surface area (Å²) in [7, 11) is 0. The smallest absolute Gasteiger partial charge is 0.267 e. The van der Waals surface area contributed by atoms with Gasteiger partial charge < -0.3 is 4.90 Å². The molecule has 2 aromatic rings. The zero-order valence-corrected chi connectivity index (χ0v) is 13.9. The summed E-state index contributed by atoms with van der Waals surface area (Å²) in [5.74, 6) is 1.30. The zero-order chi connectivity index (χ0) is 16.4. The largest absolute Gasteiger partial charge is 0.341 e. The molecule has 0 atom stereocenters. The molecule has 0 radical (unpaired) electrons. The second kappa shape index (κ2) is 6.71. The van der Waals surface area contributed by atoms with Gasteiger partial charge in [0, 0.05) is 38.1 Å². The molecule has 0 spiro atoms. The van der Waals surface area contributed by atoms with Gasteiger partial charge in [0.25, 0.3) is 5.56 Å². The van der Waals surface area contributed by atoms with Crippen LogP contribution in [0.25, 0.3) is 0 Å². The highest BCUT2D eigenvalue weighted by molar-refractivity contribution is 5.28. The fourth-order valence-electron chi connectivity index (χ4n) is 3.75. The second-order valence-electron chi connectivity index (χ2n) is 6.82. The van der Waals surface area contributed by atoms with Crippen molar-refractivity contribution in [2.75, 3.05) is 18.0 Å². The van der Waals surface area contributed by atoms with Crippen molar-refractivity contribution in [3.05, 3.63) is 46.1 Å². The fraction of sp³-hybridized carbons (Fsp3) is 0.556. The first-order chi connectivity index (χ1) is 11.8. The number of piperidine rings is 1. The molecule has 0 aromatic carbocycles. The number of aromatic nitrogens is 4. The van der Waals surface area contributed by atoms with E-state index in [4.69, 9.17) is 0 Å². The fourth-order valence-corrected chi connectivity index (χ4v) is 3.75. The quantitative estimate of drug-likeness (QED) is 0.861. The summed E-state index contributed by atoms with van der Waals surface area (Å²) in [5, 5.41) is 4.65. The molecule has 6 heteroatoms. The van der Waals surface area contributed by atoms with E-state index >= 15 is 0 Å². The van der Waals surface area contributed by atoms with Crippen molar-refractivity contribution in [1.29, 1.82) is 0 Å². The lowest BCUT2D eigenvalue weighted by molar-refractivity contribution is 0.330. The molecule has 0 bridgehead atoms. The Morgan fingerprint density at radius 2 is 1.83 bits per heavy atom. The maximum absolute atomic E-state index is 12.3. The van der Waals surface area contributed by atoms with Crippen molar-refractivity contribution in [1.82, 2.24) is 19.7 Å². The molecule has 0 amide bonds. The molecule has 2 aliphatic rings. The minimum atomic E-state index is 0.0597. The SMILES string of the molecule is O=c1cc2c(nn1CC1CCN(c3ncccn3)CC1)CCCC2. The van der Waals surface area contributed by atoms with E-state index in [9.17, 15) is 4.79 Å². The van der Waals surface area contributed by atoms with Gasteiger partial charge in [-0.2, -0.15) is 5.10 Å². The van der Waals surface area contributed by atoms with Gasteiger partial charge >= 0.3 is 0 Å². The Morgan fingerprint density at radius 3 is 2.62 bits per heavy atom. The second-order valence-corrected chi connectivity index (χ2v) is 6.82. The van der Waals surface area contributed by atoms with Crippen molar-refractivity contribution >= 4 is 5.95 Å². The normalized spacial score (nSPS) is 18.4. The third-order valence-electron chi connectivity index (χ3n) is 5.15. The number of hydrogen-bond acceptors (Lipinski definition) is 5. The highest BCUT2D eigenvalue weighted by atomic mass is 16.1. The lowest BCUT2D eigenvalue weighted by atomic mass is 9.96. The highest BCUT2D eigenvalue weighted by Gasteiger charge is 2.22. The number of rotatable bonds is 3. The molecule has 0 unspecified atom stereocenters. The first-order valence-electron chi connectivity index (χ1n) is 8.91. The average molecular weight is 325 g/mol. The third-order valence-corrected chi connectivity index (χ3v) is 5.15. The Labute approximate surface area is 141 Å². The van der Waals surface area contributed by atoms with Crippen molar-refractivity contribution in [3.63, 3.8) is 0 Å². The zero-order valence-electron chi connectivity index (χ0n) is 13.9.